The third kappa shape index (κ3) is 3.00. The molecule has 0 aromatic carbocycles. The Morgan fingerprint density at radius 3 is 2.89 bits per heavy atom. The fraction of sp³-hybridized carbons (Fsp3) is 0.833. The van der Waals surface area contributed by atoms with Gasteiger partial charge in [-0.1, -0.05) is 0 Å². The summed E-state index contributed by atoms with van der Waals surface area (Å²) in [7, 11) is 3.57. The average Bonchev–Trinajstić information content (AvgIpc) is 2.74. The molecule has 6 heteroatoms. The molecule has 2 aliphatic heterocycles. The van der Waals surface area contributed by atoms with Crippen molar-refractivity contribution in [1.82, 2.24) is 20.4 Å². The maximum Gasteiger partial charge on any atom is 0.240 e. The van der Waals surface area contributed by atoms with Crippen LogP contribution in [-0.4, -0.2) is 74.0 Å². The maximum absolute atomic E-state index is 12.1. The van der Waals surface area contributed by atoms with Crippen LogP contribution in [0.4, 0.5) is 0 Å². The quantitative estimate of drug-likeness (QED) is 0.652. The largest absolute Gasteiger partial charge is 0.352 e. The van der Waals surface area contributed by atoms with Gasteiger partial charge in [0.25, 0.3) is 0 Å². The van der Waals surface area contributed by atoms with Gasteiger partial charge in [-0.25, -0.2) is 0 Å². The van der Waals surface area contributed by atoms with Crippen LogP contribution in [0.1, 0.15) is 12.8 Å². The Hall–Kier alpha value is -1.14. The first-order chi connectivity index (χ1) is 8.58. The van der Waals surface area contributed by atoms with E-state index in [0.29, 0.717) is 13.0 Å². The first-order valence-electron chi connectivity index (χ1n) is 6.53. The molecule has 0 aromatic rings. The molecule has 2 rings (SSSR count). The summed E-state index contributed by atoms with van der Waals surface area (Å²) >= 11 is 0. The molecule has 2 fully saturated rings. The van der Waals surface area contributed by atoms with Crippen LogP contribution in [0.5, 0.6) is 0 Å². The molecule has 2 amide bonds. The van der Waals surface area contributed by atoms with Gasteiger partial charge in [-0.2, -0.15) is 0 Å². The van der Waals surface area contributed by atoms with Crippen LogP contribution >= 0.6 is 0 Å². The molecule has 2 saturated heterocycles. The highest BCUT2D eigenvalue weighted by atomic mass is 16.2. The van der Waals surface area contributed by atoms with Crippen molar-refractivity contribution in [3.05, 3.63) is 0 Å². The summed E-state index contributed by atoms with van der Waals surface area (Å²) in [6, 6.07) is 0.0966. The van der Waals surface area contributed by atoms with Crippen molar-refractivity contribution < 1.29 is 9.59 Å². The van der Waals surface area contributed by atoms with Gasteiger partial charge in [-0.3, -0.25) is 14.5 Å². The third-order valence-corrected chi connectivity index (χ3v) is 3.62. The van der Waals surface area contributed by atoms with Gasteiger partial charge in [0.15, 0.2) is 0 Å². The van der Waals surface area contributed by atoms with Crippen LogP contribution in [0.15, 0.2) is 0 Å². The van der Waals surface area contributed by atoms with Crippen LogP contribution in [0.3, 0.4) is 0 Å². The lowest BCUT2D eigenvalue weighted by atomic mass is 10.1. The lowest BCUT2D eigenvalue weighted by molar-refractivity contribution is -0.135. The smallest absolute Gasteiger partial charge is 0.240 e. The van der Waals surface area contributed by atoms with E-state index in [4.69, 9.17) is 0 Å². The minimum Gasteiger partial charge on any atom is -0.352 e. The molecule has 2 N–H and O–H groups in total. The van der Waals surface area contributed by atoms with Gasteiger partial charge in [0, 0.05) is 52.7 Å². The number of hydrogen-bond acceptors (Lipinski definition) is 4. The van der Waals surface area contributed by atoms with Crippen molar-refractivity contribution in [1.29, 1.82) is 0 Å². The number of rotatable bonds is 3. The van der Waals surface area contributed by atoms with Crippen LogP contribution in [0, 0.1) is 0 Å². The molecule has 0 saturated carbocycles. The summed E-state index contributed by atoms with van der Waals surface area (Å²) in [5.41, 5.74) is 0. The van der Waals surface area contributed by atoms with Crippen molar-refractivity contribution in [3.63, 3.8) is 0 Å². The van der Waals surface area contributed by atoms with Crippen molar-refractivity contribution in [3.8, 4) is 0 Å². The zero-order valence-corrected chi connectivity index (χ0v) is 11.1. The number of piperazine rings is 1. The highest BCUT2D eigenvalue weighted by molar-refractivity contribution is 5.82. The number of carbonyl (C=O) groups excluding carboxylic acids is 2. The molecule has 0 aromatic heterocycles. The molecule has 18 heavy (non-hydrogen) atoms. The molecular formula is C12H22N4O2. The third-order valence-electron chi connectivity index (χ3n) is 3.62. The molecule has 0 aliphatic carbocycles. The zero-order chi connectivity index (χ0) is 13.1. The maximum atomic E-state index is 12.1. The highest BCUT2D eigenvalue weighted by Gasteiger charge is 2.32. The van der Waals surface area contributed by atoms with Crippen molar-refractivity contribution in [2.45, 2.75) is 24.9 Å². The van der Waals surface area contributed by atoms with Gasteiger partial charge >= 0.3 is 0 Å². The zero-order valence-electron chi connectivity index (χ0n) is 11.1. The Morgan fingerprint density at radius 1 is 1.50 bits per heavy atom. The molecule has 2 unspecified atom stereocenters. The monoisotopic (exact) mass is 254 g/mol. The van der Waals surface area contributed by atoms with E-state index in [0.717, 1.165) is 26.1 Å². The molecule has 0 radical (unpaired) electrons. The Balaban J connectivity index is 1.95. The Kier molecular flexibility index (Phi) is 4.19. The van der Waals surface area contributed by atoms with Gasteiger partial charge in [0.2, 0.25) is 11.8 Å². The van der Waals surface area contributed by atoms with Gasteiger partial charge in [0.1, 0.15) is 6.04 Å². The number of nitrogens with zero attached hydrogens (tertiary/aromatic N) is 2. The summed E-state index contributed by atoms with van der Waals surface area (Å²) in [6.07, 6.45) is 1.49. The second-order valence-corrected chi connectivity index (χ2v) is 5.25. The first kappa shape index (κ1) is 13.3. The van der Waals surface area contributed by atoms with Crippen LogP contribution in [-0.2, 0) is 9.59 Å². The predicted octanol–water partition coefficient (Wildman–Crippen LogP) is -1.37. The second kappa shape index (κ2) is 5.67. The van der Waals surface area contributed by atoms with Gasteiger partial charge in [-0.15, -0.1) is 0 Å². The predicted molar refractivity (Wildman–Crippen MR) is 68.1 cm³/mol. The number of likely N-dealkylation sites (N-methyl/N-ethyl adjacent to an activating group) is 1. The molecule has 0 bridgehead atoms. The minimum atomic E-state index is -0.105. The van der Waals surface area contributed by atoms with E-state index in [-0.39, 0.29) is 23.9 Å². The van der Waals surface area contributed by atoms with Crippen LogP contribution in [0.2, 0.25) is 0 Å². The standard InChI is InChI=1S/C12H22N4O2/c1-15(2)12(18)10-7-13-5-6-16(10)8-9-3-4-11(17)14-9/h9-10,13H,3-8H2,1-2H3,(H,14,17). The van der Waals surface area contributed by atoms with Crippen molar-refractivity contribution in [2.75, 3.05) is 40.3 Å². The fourth-order valence-corrected chi connectivity index (χ4v) is 2.60. The normalized spacial score (nSPS) is 29.1. The number of nitrogens with one attached hydrogen (secondary N) is 2. The Morgan fingerprint density at radius 2 is 2.28 bits per heavy atom. The number of amides is 2. The summed E-state index contributed by atoms with van der Waals surface area (Å²) in [5.74, 6) is 0.261. The molecule has 2 heterocycles. The number of carbonyl (C=O) groups is 2. The Bertz CT molecular complexity index is 332. The van der Waals surface area contributed by atoms with Gasteiger partial charge in [-0.05, 0) is 6.42 Å². The topological polar surface area (TPSA) is 64.7 Å². The van der Waals surface area contributed by atoms with E-state index in [1.54, 1.807) is 19.0 Å². The lowest BCUT2D eigenvalue weighted by Gasteiger charge is -2.37. The van der Waals surface area contributed by atoms with E-state index in [9.17, 15) is 9.59 Å². The molecule has 6 nitrogen and oxygen atoms in total. The van der Waals surface area contributed by atoms with Gasteiger partial charge in [0.05, 0.1) is 0 Å². The van der Waals surface area contributed by atoms with Crippen molar-refractivity contribution in [2.24, 2.45) is 0 Å². The van der Waals surface area contributed by atoms with Crippen LogP contribution in [0.25, 0.3) is 0 Å². The fourth-order valence-electron chi connectivity index (χ4n) is 2.60. The SMILES string of the molecule is CN(C)C(=O)C1CNCCN1CC1CCC(=O)N1. The minimum absolute atomic E-state index is 0.105. The number of hydrogen-bond donors (Lipinski definition) is 2. The van der Waals surface area contributed by atoms with Gasteiger partial charge < -0.3 is 15.5 Å². The van der Waals surface area contributed by atoms with E-state index in [1.807, 2.05) is 0 Å². The Labute approximate surface area is 108 Å². The molecule has 2 atom stereocenters. The second-order valence-electron chi connectivity index (χ2n) is 5.25. The molecule has 2 aliphatic rings. The summed E-state index contributed by atoms with van der Waals surface area (Å²) in [4.78, 5) is 27.1. The molecule has 0 spiro atoms. The van der Waals surface area contributed by atoms with E-state index >= 15 is 0 Å². The van der Waals surface area contributed by atoms with E-state index in [1.165, 1.54) is 0 Å². The summed E-state index contributed by atoms with van der Waals surface area (Å²) in [6.45, 7) is 3.23. The van der Waals surface area contributed by atoms with Crippen LogP contribution < -0.4 is 10.6 Å². The van der Waals surface area contributed by atoms with E-state index < -0.39 is 0 Å². The first-order valence-corrected chi connectivity index (χ1v) is 6.53. The highest BCUT2D eigenvalue weighted by Crippen LogP contribution is 2.12. The van der Waals surface area contributed by atoms with E-state index in [2.05, 4.69) is 15.5 Å². The molecule has 102 valence electrons. The summed E-state index contributed by atoms with van der Waals surface area (Å²) < 4.78 is 0. The average molecular weight is 254 g/mol. The molecular weight excluding hydrogens is 232 g/mol. The summed E-state index contributed by atoms with van der Waals surface area (Å²) in [5, 5.41) is 6.22. The lowest BCUT2D eigenvalue weighted by Crippen LogP contribution is -2.59. The van der Waals surface area contributed by atoms with Crippen molar-refractivity contribution >= 4 is 11.8 Å².